The summed E-state index contributed by atoms with van der Waals surface area (Å²) in [5.74, 6) is -1.46. The fourth-order valence-corrected chi connectivity index (χ4v) is 8.37. The standard InChI is InChI=1S/C37H36N10O17S5/c1-21(66(51,52)53)38-35-41-36(39-30-11-9-25(18-32(30)63-2)46-45-24-8-7-22-15-28(68(57,58)59)20-34(29(22)17-24)69(60,61)62)43-37(42-35)40-31-12-10-26(19-33(31)64-13-4-14-65(48,49)50)47-44-23-5-3-6-27(16-23)67(54,55)56/h3,5-12,15-21H,4,13-14H2,1-2H3,(H,48,49,50)(H,51,52,53)(H,54,55,56)(H,57,58,59)(H,60,61,62)(H3,38,39,40,41,42,43)/b46-45?,47-44-. The van der Waals surface area contributed by atoms with E-state index in [-0.39, 0.29) is 87.3 Å². The average molecular weight is 1050 g/mol. The molecule has 0 aliphatic heterocycles. The first-order valence-corrected chi connectivity index (χ1v) is 26.4. The minimum atomic E-state index is -4.98. The first-order chi connectivity index (χ1) is 32.1. The van der Waals surface area contributed by atoms with Gasteiger partial charge in [-0.25, -0.2) is 0 Å². The molecule has 0 saturated carbocycles. The molecule has 27 nitrogen and oxygen atoms in total. The molecule has 69 heavy (non-hydrogen) atoms. The number of nitrogens with one attached hydrogen (secondary N) is 3. The molecule has 1 aromatic heterocycles. The zero-order valence-corrected chi connectivity index (χ0v) is 39.2. The summed E-state index contributed by atoms with van der Waals surface area (Å²) < 4.78 is 176. The van der Waals surface area contributed by atoms with Crippen LogP contribution in [0, 0.1) is 0 Å². The molecule has 0 aliphatic carbocycles. The Morgan fingerprint density at radius 1 is 0.580 bits per heavy atom. The minimum absolute atomic E-state index is 0.00974. The van der Waals surface area contributed by atoms with Crippen LogP contribution in [0.5, 0.6) is 11.5 Å². The van der Waals surface area contributed by atoms with Crippen LogP contribution >= 0.6 is 0 Å². The number of fused-ring (bicyclic) bond motifs is 1. The van der Waals surface area contributed by atoms with Gasteiger partial charge in [-0.1, -0.05) is 12.1 Å². The Hall–Kier alpha value is -6.88. The summed E-state index contributed by atoms with van der Waals surface area (Å²) in [6, 6.07) is 18.9. The molecular weight excluding hydrogens is 1020 g/mol. The van der Waals surface area contributed by atoms with Crippen molar-refractivity contribution in [1.29, 1.82) is 0 Å². The third-order valence-corrected chi connectivity index (χ3v) is 13.4. The Kier molecular flexibility index (Phi) is 15.2. The highest BCUT2D eigenvalue weighted by atomic mass is 32.2. The lowest BCUT2D eigenvalue weighted by Gasteiger charge is -2.16. The molecule has 0 bridgehead atoms. The first-order valence-electron chi connectivity index (χ1n) is 19.0. The second kappa shape index (κ2) is 20.4. The van der Waals surface area contributed by atoms with E-state index in [2.05, 4.69) is 51.4 Å². The maximum atomic E-state index is 12.1. The number of nitrogens with zero attached hydrogens (tertiary/aromatic N) is 7. The summed E-state index contributed by atoms with van der Waals surface area (Å²) in [4.78, 5) is 10.7. The normalized spacial score (nSPS) is 13.1. The van der Waals surface area contributed by atoms with Gasteiger partial charge in [-0.05, 0) is 85.5 Å². The summed E-state index contributed by atoms with van der Waals surface area (Å²) >= 11 is 0. The first kappa shape index (κ1) is 51.5. The molecule has 0 spiro atoms. The van der Waals surface area contributed by atoms with Gasteiger partial charge in [0.1, 0.15) is 16.4 Å². The lowest BCUT2D eigenvalue weighted by molar-refractivity contribution is 0.317. The van der Waals surface area contributed by atoms with E-state index < -0.39 is 76.4 Å². The van der Waals surface area contributed by atoms with Crippen molar-refractivity contribution < 1.29 is 74.3 Å². The topological polar surface area (TPSA) is 415 Å². The molecule has 0 fully saturated rings. The molecule has 6 rings (SSSR count). The molecule has 6 aromatic rings. The fourth-order valence-electron chi connectivity index (χ4n) is 5.76. The number of anilines is 5. The minimum Gasteiger partial charge on any atom is -0.494 e. The molecule has 0 radical (unpaired) electrons. The van der Waals surface area contributed by atoms with Crippen molar-refractivity contribution in [3.8, 4) is 11.5 Å². The van der Waals surface area contributed by atoms with Crippen LogP contribution in [0.15, 0.2) is 126 Å². The molecule has 8 N–H and O–H groups in total. The zero-order valence-electron chi connectivity index (χ0n) is 35.2. The number of aromatic nitrogens is 3. The summed E-state index contributed by atoms with van der Waals surface area (Å²) in [5.41, 5.74) is 0.713. The molecule has 366 valence electrons. The van der Waals surface area contributed by atoms with E-state index in [0.717, 1.165) is 25.1 Å². The van der Waals surface area contributed by atoms with Crippen LogP contribution in [0.2, 0.25) is 0 Å². The third kappa shape index (κ3) is 14.3. The molecule has 0 amide bonds. The van der Waals surface area contributed by atoms with Crippen molar-refractivity contribution in [2.75, 3.05) is 35.4 Å². The van der Waals surface area contributed by atoms with E-state index in [0.29, 0.717) is 6.07 Å². The number of ether oxygens (including phenoxy) is 2. The van der Waals surface area contributed by atoms with Crippen molar-refractivity contribution in [2.24, 2.45) is 20.5 Å². The SMILES string of the molecule is COc1cc(N=Nc2ccc3cc(S(=O)(=O)O)cc(S(=O)(=O)O)c3c2)ccc1Nc1nc(Nc2ccc(/N=N\c3cccc(S(=O)(=O)O)c3)cc2OCCCS(=O)(=O)O)nc(NC(C)S(=O)(=O)O)n1. The van der Waals surface area contributed by atoms with Crippen molar-refractivity contribution in [3.05, 3.63) is 91.0 Å². The van der Waals surface area contributed by atoms with Gasteiger partial charge in [0.2, 0.25) is 17.8 Å². The van der Waals surface area contributed by atoms with Crippen LogP contribution in [-0.2, 0) is 50.6 Å². The molecule has 5 aromatic carbocycles. The van der Waals surface area contributed by atoms with Crippen molar-refractivity contribution >= 4 is 113 Å². The van der Waals surface area contributed by atoms with Crippen molar-refractivity contribution in [2.45, 2.75) is 33.4 Å². The predicted molar refractivity (Wildman–Crippen MR) is 245 cm³/mol. The van der Waals surface area contributed by atoms with Crippen LogP contribution in [0.1, 0.15) is 13.3 Å². The van der Waals surface area contributed by atoms with Gasteiger partial charge in [0.25, 0.3) is 50.6 Å². The monoisotopic (exact) mass is 1050 g/mol. The van der Waals surface area contributed by atoms with E-state index in [9.17, 15) is 64.9 Å². The Bertz CT molecular complexity index is 3600. The molecule has 0 saturated heterocycles. The lowest BCUT2D eigenvalue weighted by atomic mass is 10.1. The summed E-state index contributed by atoms with van der Waals surface area (Å²) in [7, 11) is -22.1. The van der Waals surface area contributed by atoms with Crippen LogP contribution < -0.4 is 25.4 Å². The molecule has 32 heteroatoms. The average Bonchev–Trinajstić information content (AvgIpc) is 3.25. The highest BCUT2D eigenvalue weighted by molar-refractivity contribution is 7.87. The molecule has 1 unspecified atom stereocenters. The van der Waals surface area contributed by atoms with Gasteiger partial charge in [-0.3, -0.25) is 22.8 Å². The smallest absolute Gasteiger partial charge is 0.295 e. The van der Waals surface area contributed by atoms with E-state index in [1.54, 1.807) is 0 Å². The Labute approximate surface area is 392 Å². The Balaban J connectivity index is 1.31. The lowest BCUT2D eigenvalue weighted by Crippen LogP contribution is -2.27. The zero-order chi connectivity index (χ0) is 50.5. The summed E-state index contributed by atoms with van der Waals surface area (Å²) in [5, 5.41) is 22.8. The van der Waals surface area contributed by atoms with Gasteiger partial charge in [0.15, 0.2) is 5.37 Å². The van der Waals surface area contributed by atoms with Gasteiger partial charge >= 0.3 is 0 Å². The second-order valence-electron chi connectivity index (χ2n) is 14.1. The van der Waals surface area contributed by atoms with E-state index in [1.807, 2.05) is 0 Å². The van der Waals surface area contributed by atoms with E-state index >= 15 is 0 Å². The molecular formula is C37H36N10O17S5. The number of rotatable bonds is 20. The predicted octanol–water partition coefficient (Wildman–Crippen LogP) is 6.39. The van der Waals surface area contributed by atoms with E-state index in [1.165, 1.54) is 73.8 Å². The third-order valence-electron chi connectivity index (χ3n) is 8.99. The van der Waals surface area contributed by atoms with Crippen LogP contribution in [0.25, 0.3) is 10.8 Å². The Morgan fingerprint density at radius 2 is 1.10 bits per heavy atom. The number of benzene rings is 5. The molecule has 1 heterocycles. The quantitative estimate of drug-likeness (QED) is 0.0233. The van der Waals surface area contributed by atoms with Gasteiger partial charge in [0, 0.05) is 17.5 Å². The molecule has 1 atom stereocenters. The van der Waals surface area contributed by atoms with Gasteiger partial charge in [-0.15, -0.1) is 0 Å². The Morgan fingerprint density at radius 3 is 1.64 bits per heavy atom. The molecule has 0 aliphatic rings. The van der Waals surface area contributed by atoms with Crippen LogP contribution in [0.3, 0.4) is 0 Å². The highest BCUT2D eigenvalue weighted by Crippen LogP contribution is 2.36. The largest absolute Gasteiger partial charge is 0.494 e. The highest BCUT2D eigenvalue weighted by Gasteiger charge is 2.22. The van der Waals surface area contributed by atoms with Crippen molar-refractivity contribution in [3.63, 3.8) is 0 Å². The maximum Gasteiger partial charge on any atom is 0.295 e. The van der Waals surface area contributed by atoms with Crippen LogP contribution in [0.4, 0.5) is 52.0 Å². The van der Waals surface area contributed by atoms with Crippen molar-refractivity contribution in [1.82, 2.24) is 15.0 Å². The number of methoxy groups -OCH3 is 1. The van der Waals surface area contributed by atoms with E-state index in [4.69, 9.17) is 9.47 Å². The van der Waals surface area contributed by atoms with Gasteiger partial charge in [0.05, 0.1) is 63.4 Å². The van der Waals surface area contributed by atoms with Gasteiger partial charge in [-0.2, -0.15) is 77.5 Å². The maximum absolute atomic E-state index is 12.1. The number of hydrogen-bond donors (Lipinski definition) is 8. The number of azo groups is 2. The van der Waals surface area contributed by atoms with Gasteiger partial charge < -0.3 is 25.4 Å². The second-order valence-corrected chi connectivity index (χ2v) is 21.6. The fraction of sp³-hybridized carbons (Fsp3) is 0.162. The van der Waals surface area contributed by atoms with Crippen LogP contribution in [-0.4, -0.2) is 105 Å². The number of hydrogen-bond acceptors (Lipinski definition) is 22. The summed E-state index contributed by atoms with van der Waals surface area (Å²) in [6.45, 7) is 0.840. The summed E-state index contributed by atoms with van der Waals surface area (Å²) in [6.07, 6.45) is -0.167.